The highest BCUT2D eigenvalue weighted by molar-refractivity contribution is 5.81. The number of methoxy groups -OCH3 is 1. The number of carbonyl (C=O) groups is 1. The average molecular weight is 410 g/mol. The van der Waals surface area contributed by atoms with Gasteiger partial charge in [0, 0.05) is 20.1 Å². The summed E-state index contributed by atoms with van der Waals surface area (Å²) in [6.45, 7) is -0.479. The third-order valence-corrected chi connectivity index (χ3v) is 4.58. The quantitative estimate of drug-likeness (QED) is 0.629. The normalized spacial score (nSPS) is 12.2. The molecule has 2 aromatic rings. The summed E-state index contributed by atoms with van der Waals surface area (Å²) >= 11 is 0. The highest BCUT2D eigenvalue weighted by atomic mass is 19.3. The van der Waals surface area contributed by atoms with Gasteiger partial charge >= 0.3 is 6.61 Å². The maximum atomic E-state index is 13.3. The summed E-state index contributed by atoms with van der Waals surface area (Å²) in [6, 6.07) is 10.3. The summed E-state index contributed by atoms with van der Waals surface area (Å²) in [5.41, 5.74) is 1.48. The molecule has 2 aromatic carbocycles. The van der Waals surface area contributed by atoms with Gasteiger partial charge in [-0.2, -0.15) is 8.78 Å². The Morgan fingerprint density at radius 1 is 1.03 bits per heavy atom. The molecule has 1 amide bonds. The second-order valence-corrected chi connectivity index (χ2v) is 6.78. The molecule has 0 bridgehead atoms. The summed E-state index contributed by atoms with van der Waals surface area (Å²) in [5.74, 6) is -0.325. The van der Waals surface area contributed by atoms with E-state index in [-0.39, 0.29) is 23.2 Å². The number of hydrogen-bond donors (Lipinski definition) is 0. The van der Waals surface area contributed by atoms with E-state index in [4.69, 9.17) is 4.74 Å². The molecule has 0 aliphatic heterocycles. The van der Waals surface area contributed by atoms with E-state index in [1.54, 1.807) is 45.3 Å². The molecule has 0 spiro atoms. The van der Waals surface area contributed by atoms with E-state index in [9.17, 15) is 18.0 Å². The number of nitrogens with zero attached hydrogens (tertiary/aromatic N) is 2. The van der Waals surface area contributed by atoms with Crippen molar-refractivity contribution in [1.29, 1.82) is 0 Å². The molecule has 1 unspecified atom stereocenters. The van der Waals surface area contributed by atoms with E-state index >= 15 is 0 Å². The van der Waals surface area contributed by atoms with Crippen LogP contribution in [0.25, 0.3) is 0 Å². The van der Waals surface area contributed by atoms with Gasteiger partial charge in [-0.3, -0.25) is 9.69 Å². The number of ether oxygens (including phenoxy) is 2. The number of alkyl halides is 2. The SMILES string of the molecule is COc1cc(CN(C)C(C)C(=O)N(C)Cc2cccc(F)c2)ccc1OC(F)F. The molecule has 0 aromatic heterocycles. The maximum absolute atomic E-state index is 13.3. The van der Waals surface area contributed by atoms with Gasteiger partial charge in [-0.15, -0.1) is 0 Å². The molecule has 0 saturated heterocycles. The number of amides is 1. The zero-order valence-corrected chi connectivity index (χ0v) is 16.9. The van der Waals surface area contributed by atoms with E-state index < -0.39 is 12.7 Å². The molecule has 0 heterocycles. The van der Waals surface area contributed by atoms with E-state index in [0.717, 1.165) is 5.56 Å². The first kappa shape index (κ1) is 22.5. The maximum Gasteiger partial charge on any atom is 0.387 e. The lowest BCUT2D eigenvalue weighted by atomic mass is 10.1. The largest absolute Gasteiger partial charge is 0.493 e. The van der Waals surface area contributed by atoms with Crippen LogP contribution in [0.5, 0.6) is 11.5 Å². The molecule has 2 rings (SSSR count). The van der Waals surface area contributed by atoms with Gasteiger partial charge in [0.05, 0.1) is 13.2 Å². The Labute approximate surface area is 168 Å². The van der Waals surface area contributed by atoms with Crippen molar-refractivity contribution >= 4 is 5.91 Å². The topological polar surface area (TPSA) is 42.0 Å². The first-order chi connectivity index (χ1) is 13.7. The van der Waals surface area contributed by atoms with Crippen LogP contribution in [0.2, 0.25) is 0 Å². The van der Waals surface area contributed by atoms with Crippen LogP contribution in [-0.4, -0.2) is 49.6 Å². The number of likely N-dealkylation sites (N-methyl/N-ethyl adjacent to an activating group) is 2. The molecule has 29 heavy (non-hydrogen) atoms. The van der Waals surface area contributed by atoms with E-state index in [2.05, 4.69) is 4.74 Å². The number of rotatable bonds is 9. The Morgan fingerprint density at radius 2 is 1.72 bits per heavy atom. The molecule has 158 valence electrons. The van der Waals surface area contributed by atoms with Crippen LogP contribution in [0.1, 0.15) is 18.1 Å². The molecular weight excluding hydrogens is 385 g/mol. The van der Waals surface area contributed by atoms with Crippen molar-refractivity contribution in [3.63, 3.8) is 0 Å². The highest BCUT2D eigenvalue weighted by Gasteiger charge is 2.22. The molecule has 0 aliphatic rings. The van der Waals surface area contributed by atoms with Gasteiger partial charge < -0.3 is 14.4 Å². The minimum atomic E-state index is -2.94. The van der Waals surface area contributed by atoms with Gasteiger partial charge in [0.15, 0.2) is 11.5 Å². The highest BCUT2D eigenvalue weighted by Crippen LogP contribution is 2.30. The van der Waals surface area contributed by atoms with Crippen molar-refractivity contribution < 1.29 is 27.4 Å². The fourth-order valence-electron chi connectivity index (χ4n) is 2.92. The van der Waals surface area contributed by atoms with Crippen molar-refractivity contribution in [2.75, 3.05) is 21.2 Å². The zero-order valence-electron chi connectivity index (χ0n) is 16.9. The molecule has 0 fully saturated rings. The van der Waals surface area contributed by atoms with Crippen molar-refractivity contribution in [3.05, 3.63) is 59.4 Å². The van der Waals surface area contributed by atoms with Crippen molar-refractivity contribution in [2.24, 2.45) is 0 Å². The first-order valence-electron chi connectivity index (χ1n) is 9.02. The number of carbonyl (C=O) groups excluding carboxylic acids is 1. The Hall–Kier alpha value is -2.74. The minimum absolute atomic E-state index is 0.0483. The van der Waals surface area contributed by atoms with Crippen LogP contribution < -0.4 is 9.47 Å². The predicted octanol–water partition coefficient (Wildman–Crippen LogP) is 3.91. The third kappa shape index (κ3) is 6.39. The minimum Gasteiger partial charge on any atom is -0.493 e. The van der Waals surface area contributed by atoms with E-state index in [0.29, 0.717) is 18.7 Å². The van der Waals surface area contributed by atoms with Crippen LogP contribution in [0, 0.1) is 5.82 Å². The van der Waals surface area contributed by atoms with Gasteiger partial charge in [0.25, 0.3) is 0 Å². The summed E-state index contributed by atoms with van der Waals surface area (Å²) in [7, 11) is 4.82. The monoisotopic (exact) mass is 410 g/mol. The molecule has 8 heteroatoms. The van der Waals surface area contributed by atoms with Crippen LogP contribution in [0.3, 0.4) is 0 Å². The first-order valence-corrected chi connectivity index (χ1v) is 9.02. The molecule has 0 N–H and O–H groups in total. The molecular formula is C21H25F3N2O3. The zero-order chi connectivity index (χ0) is 21.6. The summed E-state index contributed by atoms with van der Waals surface area (Å²) in [4.78, 5) is 16.1. The lowest BCUT2D eigenvalue weighted by molar-refractivity contribution is -0.135. The Balaban J connectivity index is 2.01. The Morgan fingerprint density at radius 3 is 2.34 bits per heavy atom. The van der Waals surface area contributed by atoms with Gasteiger partial charge in [-0.1, -0.05) is 18.2 Å². The van der Waals surface area contributed by atoms with Crippen molar-refractivity contribution in [3.8, 4) is 11.5 Å². The standard InChI is InChI=1S/C21H25F3N2O3/c1-14(20(27)26(3)13-15-6-5-7-17(22)10-15)25(2)12-16-8-9-18(29-21(23)24)19(11-16)28-4/h5-11,14,21H,12-13H2,1-4H3. The van der Waals surface area contributed by atoms with E-state index in [1.165, 1.54) is 30.2 Å². The van der Waals surface area contributed by atoms with Gasteiger partial charge in [-0.05, 0) is 49.4 Å². The van der Waals surface area contributed by atoms with Crippen LogP contribution in [0.4, 0.5) is 13.2 Å². The van der Waals surface area contributed by atoms with Gasteiger partial charge in [-0.25, -0.2) is 4.39 Å². The molecule has 0 radical (unpaired) electrons. The summed E-state index contributed by atoms with van der Waals surface area (Å²) in [5, 5.41) is 0. The molecule has 0 aliphatic carbocycles. The Kier molecular flexibility index (Phi) is 7.90. The number of halogens is 3. The summed E-state index contributed by atoms with van der Waals surface area (Å²) in [6.07, 6.45) is 0. The lowest BCUT2D eigenvalue weighted by Gasteiger charge is -2.28. The molecule has 1 atom stereocenters. The van der Waals surface area contributed by atoms with Crippen LogP contribution in [0.15, 0.2) is 42.5 Å². The Bertz CT molecular complexity index is 833. The average Bonchev–Trinajstić information content (AvgIpc) is 2.67. The second kappa shape index (κ2) is 10.2. The second-order valence-electron chi connectivity index (χ2n) is 6.78. The lowest BCUT2D eigenvalue weighted by Crippen LogP contribution is -2.43. The van der Waals surface area contributed by atoms with Crippen LogP contribution >= 0.6 is 0 Å². The fraction of sp³-hybridized carbons (Fsp3) is 0.381. The van der Waals surface area contributed by atoms with Crippen molar-refractivity contribution in [1.82, 2.24) is 9.80 Å². The van der Waals surface area contributed by atoms with E-state index in [1.807, 2.05) is 4.90 Å². The molecule has 0 saturated carbocycles. The number of benzene rings is 2. The number of hydrogen-bond acceptors (Lipinski definition) is 4. The predicted molar refractivity (Wildman–Crippen MR) is 103 cm³/mol. The third-order valence-electron chi connectivity index (χ3n) is 4.58. The van der Waals surface area contributed by atoms with Gasteiger partial charge in [0.2, 0.25) is 5.91 Å². The molecule has 5 nitrogen and oxygen atoms in total. The fourth-order valence-corrected chi connectivity index (χ4v) is 2.92. The van der Waals surface area contributed by atoms with Crippen molar-refractivity contribution in [2.45, 2.75) is 32.7 Å². The van der Waals surface area contributed by atoms with Gasteiger partial charge in [0.1, 0.15) is 5.82 Å². The summed E-state index contributed by atoms with van der Waals surface area (Å²) < 4.78 is 47.8. The smallest absolute Gasteiger partial charge is 0.387 e. The van der Waals surface area contributed by atoms with Crippen LogP contribution in [-0.2, 0) is 17.9 Å².